The van der Waals surface area contributed by atoms with E-state index in [0.717, 1.165) is 21.6 Å². The van der Waals surface area contributed by atoms with Crippen LogP contribution in [0.2, 0.25) is 0 Å². The summed E-state index contributed by atoms with van der Waals surface area (Å²) in [5.74, 6) is 0. The first kappa shape index (κ1) is 44.9. The van der Waals surface area contributed by atoms with Gasteiger partial charge < -0.3 is 52.5 Å². The van der Waals surface area contributed by atoms with Crippen LogP contribution >= 0.6 is 11.8 Å². The number of thioether (sulfide) groups is 1. The smallest absolute Gasteiger partial charge is 0.137 e. The summed E-state index contributed by atoms with van der Waals surface area (Å²) < 4.78 is 61.2. The minimum absolute atomic E-state index is 0.0111. The first-order valence-corrected chi connectivity index (χ1v) is 20.6. The van der Waals surface area contributed by atoms with Gasteiger partial charge in [-0.3, -0.25) is 0 Å². The van der Waals surface area contributed by atoms with Gasteiger partial charge in [0, 0.05) is 4.90 Å². The molecule has 0 bridgehead atoms. The number of hydrogen-bond donors (Lipinski definition) is 1. The van der Waals surface area contributed by atoms with E-state index in [1.165, 1.54) is 0 Å². The molecular formula is C45H58O11S. The Morgan fingerprint density at radius 3 is 1.33 bits per heavy atom. The Morgan fingerprint density at radius 1 is 0.421 bits per heavy atom. The zero-order valence-corrected chi connectivity index (χ0v) is 33.5. The third-order valence-corrected chi connectivity index (χ3v) is 9.97. The average Bonchev–Trinajstić information content (AvgIpc) is 3.25. The van der Waals surface area contributed by atoms with E-state index in [2.05, 4.69) is 36.4 Å². The van der Waals surface area contributed by atoms with Gasteiger partial charge in [-0.25, -0.2) is 0 Å². The van der Waals surface area contributed by atoms with Gasteiger partial charge in [0.1, 0.15) is 29.9 Å². The van der Waals surface area contributed by atoms with E-state index in [4.69, 9.17) is 52.5 Å². The van der Waals surface area contributed by atoms with E-state index in [0.29, 0.717) is 99.1 Å². The quantitative estimate of drug-likeness (QED) is 0.0593. The normalized spacial score (nSPS) is 19.5. The van der Waals surface area contributed by atoms with Crippen LogP contribution < -0.4 is 0 Å². The molecule has 0 saturated carbocycles. The average molecular weight is 807 g/mol. The van der Waals surface area contributed by atoms with E-state index in [1.807, 2.05) is 84.9 Å². The van der Waals surface area contributed by atoms with Gasteiger partial charge in [0.25, 0.3) is 0 Å². The Balaban J connectivity index is 1.19. The highest BCUT2D eigenvalue weighted by Crippen LogP contribution is 2.38. The molecule has 1 saturated heterocycles. The summed E-state index contributed by atoms with van der Waals surface area (Å²) in [6, 6.07) is 40.6. The topological polar surface area (TPSA) is 113 Å². The van der Waals surface area contributed by atoms with E-state index in [1.54, 1.807) is 11.8 Å². The van der Waals surface area contributed by atoms with E-state index in [-0.39, 0.29) is 6.61 Å². The third kappa shape index (κ3) is 17.7. The predicted molar refractivity (Wildman–Crippen MR) is 218 cm³/mol. The van der Waals surface area contributed by atoms with Gasteiger partial charge in [-0.05, 0) is 28.8 Å². The van der Waals surface area contributed by atoms with Crippen molar-refractivity contribution in [3.8, 4) is 0 Å². The molecule has 0 unspecified atom stereocenters. The van der Waals surface area contributed by atoms with Crippen LogP contribution in [0.15, 0.2) is 126 Å². The monoisotopic (exact) mass is 806 g/mol. The number of benzene rings is 4. The Morgan fingerprint density at radius 2 is 0.842 bits per heavy atom. The summed E-state index contributed by atoms with van der Waals surface area (Å²) in [4.78, 5) is 1.06. The minimum atomic E-state index is -0.521. The number of aliphatic hydroxyl groups is 1. The molecule has 1 aliphatic rings. The van der Waals surface area contributed by atoms with Gasteiger partial charge in [-0.1, -0.05) is 121 Å². The van der Waals surface area contributed by atoms with E-state index >= 15 is 0 Å². The van der Waals surface area contributed by atoms with Gasteiger partial charge in [-0.2, -0.15) is 0 Å². The van der Waals surface area contributed by atoms with Crippen molar-refractivity contribution >= 4 is 11.8 Å². The molecule has 4 aromatic rings. The molecule has 0 aromatic heterocycles. The second-order valence-electron chi connectivity index (χ2n) is 13.1. The molecule has 0 spiro atoms. The lowest BCUT2D eigenvalue weighted by Gasteiger charge is -2.46. The van der Waals surface area contributed by atoms with Crippen LogP contribution in [0.5, 0.6) is 0 Å². The maximum absolute atomic E-state index is 8.71. The van der Waals surface area contributed by atoms with Gasteiger partial charge >= 0.3 is 0 Å². The summed E-state index contributed by atoms with van der Waals surface area (Å²) in [7, 11) is 0. The lowest BCUT2D eigenvalue weighted by Crippen LogP contribution is -2.60. The maximum atomic E-state index is 8.71. The molecule has 5 atom stereocenters. The van der Waals surface area contributed by atoms with Crippen molar-refractivity contribution in [3.63, 3.8) is 0 Å². The zero-order chi connectivity index (χ0) is 39.4. The van der Waals surface area contributed by atoms with Crippen LogP contribution in [0.1, 0.15) is 16.7 Å². The van der Waals surface area contributed by atoms with E-state index < -0.39 is 29.9 Å². The summed E-state index contributed by atoms with van der Waals surface area (Å²) in [5, 5.41) is 8.71. The van der Waals surface area contributed by atoms with Crippen molar-refractivity contribution in [3.05, 3.63) is 138 Å². The first-order chi connectivity index (χ1) is 28.3. The van der Waals surface area contributed by atoms with Crippen LogP contribution in [0.25, 0.3) is 0 Å². The van der Waals surface area contributed by atoms with Crippen molar-refractivity contribution < 1.29 is 52.5 Å². The Labute approximate surface area is 341 Å². The fourth-order valence-corrected chi connectivity index (χ4v) is 7.15. The summed E-state index contributed by atoms with van der Waals surface area (Å²) in [6.45, 7) is 6.13. The summed E-state index contributed by atoms with van der Waals surface area (Å²) in [5.41, 5.74) is 2.77. The molecule has 1 heterocycles. The Bertz CT molecular complexity index is 1540. The number of rotatable bonds is 30. The molecule has 0 amide bonds. The molecule has 0 aliphatic carbocycles. The van der Waals surface area contributed by atoms with Crippen LogP contribution in [0.4, 0.5) is 0 Å². The Hall–Kier alpha value is -3.21. The zero-order valence-electron chi connectivity index (χ0n) is 32.7. The van der Waals surface area contributed by atoms with Crippen molar-refractivity contribution in [2.24, 2.45) is 0 Å². The van der Waals surface area contributed by atoms with Crippen molar-refractivity contribution in [2.75, 3.05) is 85.9 Å². The van der Waals surface area contributed by atoms with Crippen LogP contribution in [-0.2, 0) is 67.2 Å². The summed E-state index contributed by atoms with van der Waals surface area (Å²) >= 11 is 1.62. The third-order valence-electron chi connectivity index (χ3n) is 8.81. The van der Waals surface area contributed by atoms with E-state index in [9.17, 15) is 0 Å². The highest BCUT2D eigenvalue weighted by molar-refractivity contribution is 7.99. The van der Waals surface area contributed by atoms with Crippen molar-refractivity contribution in [1.29, 1.82) is 0 Å². The molecule has 1 N–H and O–H groups in total. The number of aliphatic hydroxyl groups excluding tert-OH is 1. The fourth-order valence-electron chi connectivity index (χ4n) is 6.00. The molecule has 0 radical (unpaired) electrons. The van der Waals surface area contributed by atoms with Crippen molar-refractivity contribution in [1.82, 2.24) is 0 Å². The molecule has 310 valence electrons. The van der Waals surface area contributed by atoms with Gasteiger partial charge in [0.2, 0.25) is 0 Å². The highest BCUT2D eigenvalue weighted by Gasteiger charge is 2.48. The van der Waals surface area contributed by atoms with Crippen LogP contribution in [0, 0.1) is 0 Å². The largest absolute Gasteiger partial charge is 0.394 e. The Kier molecular flexibility index (Phi) is 22.2. The molecular weight excluding hydrogens is 749 g/mol. The van der Waals surface area contributed by atoms with Gasteiger partial charge in [-0.15, -0.1) is 0 Å². The molecule has 12 heteroatoms. The molecule has 11 nitrogen and oxygen atoms in total. The maximum Gasteiger partial charge on any atom is 0.137 e. The number of ether oxygens (including phenoxy) is 10. The molecule has 1 fully saturated rings. The fraction of sp³-hybridized carbons (Fsp3) is 0.467. The molecule has 57 heavy (non-hydrogen) atoms. The first-order valence-electron chi connectivity index (χ1n) is 19.7. The lowest BCUT2D eigenvalue weighted by molar-refractivity contribution is -0.253. The van der Waals surface area contributed by atoms with Gasteiger partial charge in [0.05, 0.1) is 106 Å². The van der Waals surface area contributed by atoms with Gasteiger partial charge in [0.15, 0.2) is 0 Å². The SMILES string of the molecule is OCCOCCOCCOCCOCCOCCO[C@@H]1[C@H](OCc2ccccc2)[C@@H](OCc2ccccc2)[C@H](Sc2ccccc2)O[C@@H]1COCc1ccccc1. The minimum Gasteiger partial charge on any atom is -0.394 e. The molecule has 4 aromatic carbocycles. The van der Waals surface area contributed by atoms with Crippen LogP contribution in [-0.4, -0.2) is 121 Å². The molecule has 5 rings (SSSR count). The highest BCUT2D eigenvalue weighted by atomic mass is 32.2. The summed E-state index contributed by atoms with van der Waals surface area (Å²) in [6.07, 6.45) is -1.96. The van der Waals surface area contributed by atoms with Crippen LogP contribution in [0.3, 0.4) is 0 Å². The van der Waals surface area contributed by atoms with Crippen molar-refractivity contribution in [2.45, 2.75) is 54.6 Å². The predicted octanol–water partition coefficient (Wildman–Crippen LogP) is 6.35. The second-order valence-corrected chi connectivity index (χ2v) is 14.3. The molecule has 1 aliphatic heterocycles. The number of hydrogen-bond acceptors (Lipinski definition) is 12. The second kappa shape index (κ2) is 28.3. The standard InChI is InChI=1S/C45H58O11S/c46-21-22-47-23-24-48-25-26-49-27-28-50-29-30-51-31-32-53-42-41(36-52-33-37-13-5-1-6-14-37)56-45(57-40-19-11-4-12-20-40)44(55-35-39-17-9-3-10-18-39)43(42)54-34-38-15-7-2-8-16-38/h1-20,41-46H,21-36H2/t41-,42+,43+,44-,45+/m1/s1. The lowest BCUT2D eigenvalue weighted by atomic mass is 9.99.